The minimum absolute atomic E-state index is 0.0272. The average molecular weight is 459 g/mol. The van der Waals surface area contributed by atoms with Crippen molar-refractivity contribution in [3.8, 4) is 0 Å². The number of aliphatic hydroxyl groups is 1. The van der Waals surface area contributed by atoms with Crippen molar-refractivity contribution < 1.29 is 24.2 Å². The Hall–Kier alpha value is -2.80. The first-order valence-electron chi connectivity index (χ1n) is 11.2. The molecule has 0 aliphatic heterocycles. The van der Waals surface area contributed by atoms with E-state index in [9.17, 15) is 14.7 Å². The first-order valence-corrected chi connectivity index (χ1v) is 11.2. The molecule has 0 spiro atoms. The molecule has 0 radical (unpaired) electrons. The third kappa shape index (κ3) is 8.24. The summed E-state index contributed by atoms with van der Waals surface area (Å²) in [7, 11) is 0. The van der Waals surface area contributed by atoms with E-state index >= 15 is 0 Å². The Labute approximate surface area is 196 Å². The van der Waals surface area contributed by atoms with Crippen LogP contribution in [0.5, 0.6) is 0 Å². The van der Waals surface area contributed by atoms with Gasteiger partial charge in [0.2, 0.25) is 0 Å². The fourth-order valence-electron chi connectivity index (χ4n) is 3.17. The van der Waals surface area contributed by atoms with Crippen molar-refractivity contribution in [1.29, 1.82) is 0 Å². The summed E-state index contributed by atoms with van der Waals surface area (Å²) >= 11 is 0. The Bertz CT molecular complexity index is 1010. The molecule has 1 amide bonds. The van der Waals surface area contributed by atoms with Crippen molar-refractivity contribution in [2.45, 2.75) is 79.1 Å². The van der Waals surface area contributed by atoms with Crippen molar-refractivity contribution in [2.24, 2.45) is 5.41 Å². The predicted octanol–water partition coefficient (Wildman–Crippen LogP) is 5.44. The molecule has 0 fully saturated rings. The fourth-order valence-corrected chi connectivity index (χ4v) is 3.17. The highest BCUT2D eigenvalue weighted by Gasteiger charge is 2.24. The van der Waals surface area contributed by atoms with Crippen molar-refractivity contribution in [3.63, 3.8) is 0 Å². The largest absolute Gasteiger partial charge is 0.444 e. The lowest BCUT2D eigenvalue weighted by atomic mass is 9.92. The van der Waals surface area contributed by atoms with Gasteiger partial charge in [0.1, 0.15) is 11.2 Å². The van der Waals surface area contributed by atoms with Crippen LogP contribution in [0.15, 0.2) is 42.6 Å². The summed E-state index contributed by atoms with van der Waals surface area (Å²) in [6.45, 7) is 14.7. The number of hydrogen-bond acceptors (Lipinski definition) is 5. The van der Waals surface area contributed by atoms with E-state index in [4.69, 9.17) is 9.47 Å². The fraction of sp³-hybridized carbons (Fsp3) is 0.538. The Balaban J connectivity index is 2.41. The van der Waals surface area contributed by atoms with E-state index in [1.54, 1.807) is 27.0 Å². The van der Waals surface area contributed by atoms with Crippen LogP contribution in [0.4, 0.5) is 9.59 Å². The molecule has 0 aliphatic rings. The molecule has 7 heteroatoms. The number of benzene rings is 1. The number of alkyl carbamates (subject to hydrolysis) is 1. The quantitative estimate of drug-likeness (QED) is 0.563. The van der Waals surface area contributed by atoms with Gasteiger partial charge >= 0.3 is 12.2 Å². The van der Waals surface area contributed by atoms with Crippen LogP contribution in [0.25, 0.3) is 10.9 Å². The molecule has 1 aromatic carbocycles. The number of rotatable bonds is 6. The van der Waals surface area contributed by atoms with Crippen LogP contribution in [0.1, 0.15) is 61.0 Å². The van der Waals surface area contributed by atoms with Crippen LogP contribution in [0.2, 0.25) is 0 Å². The highest BCUT2D eigenvalue weighted by molar-refractivity contribution is 5.92. The smallest absolute Gasteiger partial charge is 0.419 e. The van der Waals surface area contributed by atoms with Gasteiger partial charge in [-0.1, -0.05) is 44.2 Å². The number of ether oxygens (including phenoxy) is 2. The number of nitrogens with one attached hydrogen (secondary N) is 1. The number of aromatic nitrogens is 1. The molecule has 33 heavy (non-hydrogen) atoms. The van der Waals surface area contributed by atoms with E-state index in [0.29, 0.717) is 6.42 Å². The van der Waals surface area contributed by atoms with Gasteiger partial charge in [0, 0.05) is 17.0 Å². The maximum Gasteiger partial charge on any atom is 0.419 e. The van der Waals surface area contributed by atoms with Crippen molar-refractivity contribution in [3.05, 3.63) is 48.2 Å². The zero-order valence-corrected chi connectivity index (χ0v) is 21.1. The number of hydrogen-bond donors (Lipinski definition) is 2. The SMILES string of the molecule is CC(C)(C=CC(Cc1cn(C(=O)OC(C)(C)C)c2ccccc12)NC(=O)OC(C)(C)C)CO. The monoisotopic (exact) mass is 458 g/mol. The second-order valence-corrected chi connectivity index (χ2v) is 11.0. The van der Waals surface area contributed by atoms with Crippen LogP contribution in [0.3, 0.4) is 0 Å². The van der Waals surface area contributed by atoms with Crippen LogP contribution in [0, 0.1) is 5.41 Å². The molecule has 1 atom stereocenters. The summed E-state index contributed by atoms with van der Waals surface area (Å²) in [5.74, 6) is 0. The Morgan fingerprint density at radius 2 is 1.64 bits per heavy atom. The van der Waals surface area contributed by atoms with Gasteiger partial charge in [-0.3, -0.25) is 4.57 Å². The summed E-state index contributed by atoms with van der Waals surface area (Å²) in [5.41, 5.74) is -0.0861. The lowest BCUT2D eigenvalue weighted by Crippen LogP contribution is -2.39. The van der Waals surface area contributed by atoms with Crippen molar-refractivity contribution in [2.75, 3.05) is 6.61 Å². The van der Waals surface area contributed by atoms with Gasteiger partial charge < -0.3 is 19.9 Å². The van der Waals surface area contributed by atoms with Gasteiger partial charge in [-0.2, -0.15) is 0 Å². The number of nitrogens with zero attached hydrogens (tertiary/aromatic N) is 1. The minimum atomic E-state index is -0.630. The Morgan fingerprint density at radius 3 is 2.21 bits per heavy atom. The molecule has 0 saturated carbocycles. The average Bonchev–Trinajstić information content (AvgIpc) is 3.02. The van der Waals surface area contributed by atoms with Gasteiger partial charge in [-0.05, 0) is 59.6 Å². The number of carbonyl (C=O) groups excluding carboxylic acids is 2. The first-order chi connectivity index (χ1) is 15.1. The second-order valence-electron chi connectivity index (χ2n) is 11.0. The maximum atomic E-state index is 12.8. The van der Waals surface area contributed by atoms with Crippen molar-refractivity contribution in [1.82, 2.24) is 9.88 Å². The minimum Gasteiger partial charge on any atom is -0.444 e. The lowest BCUT2D eigenvalue weighted by molar-refractivity contribution is 0.0508. The molecule has 1 unspecified atom stereocenters. The Kier molecular flexibility index (Phi) is 8.01. The lowest BCUT2D eigenvalue weighted by Gasteiger charge is -2.23. The van der Waals surface area contributed by atoms with E-state index in [-0.39, 0.29) is 6.61 Å². The second kappa shape index (κ2) is 10.00. The molecule has 1 aromatic heterocycles. The summed E-state index contributed by atoms with van der Waals surface area (Å²) in [6.07, 6.45) is 4.93. The molecule has 1 heterocycles. The predicted molar refractivity (Wildman–Crippen MR) is 130 cm³/mol. The van der Waals surface area contributed by atoms with E-state index in [0.717, 1.165) is 16.5 Å². The van der Waals surface area contributed by atoms with Gasteiger partial charge in [-0.15, -0.1) is 0 Å². The van der Waals surface area contributed by atoms with E-state index < -0.39 is 34.8 Å². The molecule has 2 rings (SSSR count). The van der Waals surface area contributed by atoms with Gasteiger partial charge in [-0.25, -0.2) is 9.59 Å². The summed E-state index contributed by atoms with van der Waals surface area (Å²) < 4.78 is 12.5. The first kappa shape index (κ1) is 26.5. The number of fused-ring (bicyclic) bond motifs is 1. The number of amides is 1. The molecule has 0 bridgehead atoms. The zero-order valence-electron chi connectivity index (χ0n) is 21.1. The molecule has 7 nitrogen and oxygen atoms in total. The number of para-hydroxylation sites is 1. The molecule has 0 aliphatic carbocycles. The van der Waals surface area contributed by atoms with Crippen LogP contribution >= 0.6 is 0 Å². The third-order valence-electron chi connectivity index (χ3n) is 4.71. The topological polar surface area (TPSA) is 89.8 Å². The zero-order chi connectivity index (χ0) is 25.0. The molecule has 0 saturated heterocycles. The highest BCUT2D eigenvalue weighted by Crippen LogP contribution is 2.25. The van der Waals surface area contributed by atoms with Gasteiger partial charge in [0.15, 0.2) is 0 Å². The summed E-state index contributed by atoms with van der Waals surface area (Å²) in [5, 5.41) is 13.4. The molecular formula is C26H38N2O5. The normalized spacial score (nSPS) is 13.8. The molecule has 2 aromatic rings. The summed E-state index contributed by atoms with van der Waals surface area (Å²) in [4.78, 5) is 25.3. The van der Waals surface area contributed by atoms with E-state index in [1.165, 1.54) is 4.57 Å². The van der Waals surface area contributed by atoms with E-state index in [2.05, 4.69) is 5.32 Å². The number of aliphatic hydroxyl groups excluding tert-OH is 1. The number of carbonyl (C=O) groups is 2. The molecule has 182 valence electrons. The van der Waals surface area contributed by atoms with Crippen molar-refractivity contribution >= 4 is 23.1 Å². The maximum absolute atomic E-state index is 12.8. The molecule has 2 N–H and O–H groups in total. The summed E-state index contributed by atoms with van der Waals surface area (Å²) in [6, 6.07) is 7.17. The van der Waals surface area contributed by atoms with Gasteiger partial charge in [0.25, 0.3) is 0 Å². The highest BCUT2D eigenvalue weighted by atomic mass is 16.6. The van der Waals surface area contributed by atoms with Crippen LogP contribution in [-0.2, 0) is 15.9 Å². The van der Waals surface area contributed by atoms with Crippen LogP contribution in [-0.4, -0.2) is 45.7 Å². The van der Waals surface area contributed by atoms with Crippen LogP contribution < -0.4 is 5.32 Å². The third-order valence-corrected chi connectivity index (χ3v) is 4.71. The van der Waals surface area contributed by atoms with E-state index in [1.807, 2.05) is 71.0 Å². The van der Waals surface area contributed by atoms with Gasteiger partial charge in [0.05, 0.1) is 18.2 Å². The Morgan fingerprint density at radius 1 is 1.03 bits per heavy atom. The molecular weight excluding hydrogens is 420 g/mol. The standard InChI is InChI=1S/C26H38N2O5/c1-24(2,3)32-22(30)27-19(13-14-26(7,8)17-29)15-18-16-28(23(31)33-25(4,5)6)21-12-10-9-11-20(18)21/h9-14,16,19,29H,15,17H2,1-8H3,(H,27,30).